The van der Waals surface area contributed by atoms with E-state index >= 15 is 0 Å². The zero-order valence-electron chi connectivity index (χ0n) is 13.6. The molecular formula is C17H18N6O2. The zero-order chi connectivity index (χ0) is 17.2. The molecule has 0 spiro atoms. The van der Waals surface area contributed by atoms with Crippen LogP contribution < -0.4 is 15.9 Å². The Morgan fingerprint density at radius 2 is 2.00 bits per heavy atom. The van der Waals surface area contributed by atoms with Crippen LogP contribution in [0, 0.1) is 0 Å². The van der Waals surface area contributed by atoms with E-state index in [2.05, 4.69) is 20.3 Å². The fraction of sp³-hybridized carbons (Fsp3) is 0.294. The molecule has 1 aliphatic heterocycles. The first-order valence-electron chi connectivity index (χ1n) is 8.26. The lowest BCUT2D eigenvalue weighted by Gasteiger charge is -2.19. The summed E-state index contributed by atoms with van der Waals surface area (Å²) < 4.78 is 2.57. The SMILES string of the molecule is O=C(Cn1nc2ccccn2c1=O)Nc1cccnc1N1CCCC1. The van der Waals surface area contributed by atoms with E-state index < -0.39 is 0 Å². The first kappa shape index (κ1) is 15.4. The lowest BCUT2D eigenvalue weighted by atomic mass is 10.3. The number of rotatable bonds is 4. The summed E-state index contributed by atoms with van der Waals surface area (Å²) in [6.45, 7) is 1.73. The van der Waals surface area contributed by atoms with Gasteiger partial charge in [-0.2, -0.15) is 0 Å². The van der Waals surface area contributed by atoms with Gasteiger partial charge in [-0.15, -0.1) is 5.10 Å². The van der Waals surface area contributed by atoms with Crippen molar-refractivity contribution in [2.45, 2.75) is 19.4 Å². The van der Waals surface area contributed by atoms with E-state index in [-0.39, 0.29) is 18.1 Å². The van der Waals surface area contributed by atoms with Crippen LogP contribution in [0.5, 0.6) is 0 Å². The molecule has 0 aliphatic carbocycles. The smallest absolute Gasteiger partial charge is 0.350 e. The van der Waals surface area contributed by atoms with Crippen molar-refractivity contribution >= 4 is 23.1 Å². The number of nitrogens with zero attached hydrogens (tertiary/aromatic N) is 5. The maximum absolute atomic E-state index is 12.4. The van der Waals surface area contributed by atoms with E-state index in [1.54, 1.807) is 36.7 Å². The van der Waals surface area contributed by atoms with Gasteiger partial charge in [0.05, 0.1) is 5.69 Å². The number of pyridine rings is 2. The van der Waals surface area contributed by atoms with Crippen LogP contribution in [-0.4, -0.2) is 38.2 Å². The van der Waals surface area contributed by atoms with Gasteiger partial charge in [-0.1, -0.05) is 6.07 Å². The van der Waals surface area contributed by atoms with Crippen LogP contribution >= 0.6 is 0 Å². The Hall–Kier alpha value is -3.16. The Morgan fingerprint density at radius 3 is 2.80 bits per heavy atom. The maximum atomic E-state index is 12.4. The predicted octanol–water partition coefficient (Wildman–Crippen LogP) is 1.13. The molecule has 0 saturated carbocycles. The number of fused-ring (bicyclic) bond motifs is 1. The van der Waals surface area contributed by atoms with Crippen molar-refractivity contribution in [2.75, 3.05) is 23.3 Å². The van der Waals surface area contributed by atoms with E-state index in [4.69, 9.17) is 0 Å². The number of aromatic nitrogens is 4. The highest BCUT2D eigenvalue weighted by atomic mass is 16.2. The second-order valence-corrected chi connectivity index (χ2v) is 5.99. The normalized spacial score (nSPS) is 14.2. The third-order valence-electron chi connectivity index (χ3n) is 4.25. The number of amides is 1. The largest absolute Gasteiger partial charge is 0.355 e. The molecule has 1 saturated heterocycles. The van der Waals surface area contributed by atoms with Crippen molar-refractivity contribution in [1.29, 1.82) is 0 Å². The number of hydrogen-bond acceptors (Lipinski definition) is 5. The van der Waals surface area contributed by atoms with Crippen molar-refractivity contribution < 1.29 is 4.79 Å². The van der Waals surface area contributed by atoms with E-state index in [0.717, 1.165) is 36.4 Å². The molecule has 1 aliphatic rings. The van der Waals surface area contributed by atoms with E-state index in [1.807, 2.05) is 6.07 Å². The Bertz CT molecular complexity index is 970. The standard InChI is InChI=1S/C17H18N6O2/c24-15(12-23-17(25)22-11-2-1-7-14(22)20-23)19-13-6-5-8-18-16(13)21-9-3-4-10-21/h1-2,5-8,11H,3-4,9-10,12H2,(H,19,24). The molecule has 0 unspecified atom stereocenters. The molecule has 0 radical (unpaired) electrons. The van der Waals surface area contributed by atoms with Crippen LogP contribution in [0.3, 0.4) is 0 Å². The summed E-state index contributed by atoms with van der Waals surface area (Å²) in [5.41, 5.74) is 0.836. The average molecular weight is 338 g/mol. The molecule has 4 heterocycles. The van der Waals surface area contributed by atoms with Gasteiger partial charge in [-0.05, 0) is 37.1 Å². The molecule has 0 aromatic carbocycles. The highest BCUT2D eigenvalue weighted by molar-refractivity contribution is 5.93. The summed E-state index contributed by atoms with van der Waals surface area (Å²) in [5.74, 6) is 0.467. The second-order valence-electron chi connectivity index (χ2n) is 5.99. The average Bonchev–Trinajstić information content (AvgIpc) is 3.25. The molecule has 8 nitrogen and oxygen atoms in total. The predicted molar refractivity (Wildman–Crippen MR) is 93.8 cm³/mol. The van der Waals surface area contributed by atoms with Gasteiger partial charge in [-0.25, -0.2) is 14.5 Å². The quantitative estimate of drug-likeness (QED) is 0.771. The minimum absolute atomic E-state index is 0.144. The van der Waals surface area contributed by atoms with Gasteiger partial charge >= 0.3 is 5.69 Å². The van der Waals surface area contributed by atoms with E-state index in [9.17, 15) is 9.59 Å². The minimum atomic E-state index is -0.336. The van der Waals surface area contributed by atoms with Crippen molar-refractivity contribution in [3.8, 4) is 0 Å². The lowest BCUT2D eigenvalue weighted by Crippen LogP contribution is -2.29. The number of carbonyl (C=O) groups is 1. The molecule has 25 heavy (non-hydrogen) atoms. The Kier molecular flexibility index (Phi) is 3.93. The molecule has 1 N–H and O–H groups in total. The fourth-order valence-corrected chi connectivity index (χ4v) is 3.07. The number of nitrogens with one attached hydrogen (secondary N) is 1. The second kappa shape index (κ2) is 6.39. The number of hydrogen-bond donors (Lipinski definition) is 1. The van der Waals surface area contributed by atoms with Crippen LogP contribution in [0.4, 0.5) is 11.5 Å². The van der Waals surface area contributed by atoms with E-state index in [0.29, 0.717) is 11.3 Å². The summed E-state index contributed by atoms with van der Waals surface area (Å²) in [5, 5.41) is 7.03. The molecule has 0 bridgehead atoms. The van der Waals surface area contributed by atoms with Gasteiger partial charge in [0, 0.05) is 25.5 Å². The van der Waals surface area contributed by atoms with Crippen molar-refractivity contribution in [1.82, 2.24) is 19.2 Å². The Morgan fingerprint density at radius 1 is 1.16 bits per heavy atom. The van der Waals surface area contributed by atoms with Crippen LogP contribution in [0.1, 0.15) is 12.8 Å². The maximum Gasteiger partial charge on any atom is 0.350 e. The molecule has 128 valence electrons. The highest BCUT2D eigenvalue weighted by Gasteiger charge is 2.18. The van der Waals surface area contributed by atoms with Gasteiger partial charge in [0.1, 0.15) is 6.54 Å². The molecule has 3 aromatic rings. The number of anilines is 2. The van der Waals surface area contributed by atoms with Gasteiger partial charge in [0.2, 0.25) is 5.91 Å². The van der Waals surface area contributed by atoms with Gasteiger partial charge in [0.25, 0.3) is 0 Å². The molecule has 1 amide bonds. The third kappa shape index (κ3) is 2.98. The molecule has 4 rings (SSSR count). The topological polar surface area (TPSA) is 84.5 Å². The minimum Gasteiger partial charge on any atom is -0.355 e. The summed E-state index contributed by atoms with van der Waals surface area (Å²) in [4.78, 5) is 31.2. The van der Waals surface area contributed by atoms with Gasteiger partial charge < -0.3 is 10.2 Å². The Balaban J connectivity index is 1.54. The molecule has 1 fully saturated rings. The van der Waals surface area contributed by atoms with Crippen molar-refractivity contribution in [3.63, 3.8) is 0 Å². The van der Waals surface area contributed by atoms with Crippen LogP contribution in [0.15, 0.2) is 47.5 Å². The third-order valence-corrected chi connectivity index (χ3v) is 4.25. The van der Waals surface area contributed by atoms with Crippen molar-refractivity contribution in [3.05, 3.63) is 53.2 Å². The molecule has 3 aromatic heterocycles. The van der Waals surface area contributed by atoms with Crippen LogP contribution in [-0.2, 0) is 11.3 Å². The first-order chi connectivity index (χ1) is 12.2. The fourth-order valence-electron chi connectivity index (χ4n) is 3.07. The van der Waals surface area contributed by atoms with Crippen LogP contribution in [0.2, 0.25) is 0 Å². The summed E-state index contributed by atoms with van der Waals surface area (Å²) in [6, 6.07) is 8.88. The lowest BCUT2D eigenvalue weighted by molar-refractivity contribution is -0.117. The summed E-state index contributed by atoms with van der Waals surface area (Å²) >= 11 is 0. The molecular weight excluding hydrogens is 320 g/mol. The summed E-state index contributed by atoms with van der Waals surface area (Å²) in [6.07, 6.45) is 5.60. The van der Waals surface area contributed by atoms with Crippen LogP contribution in [0.25, 0.3) is 5.65 Å². The molecule has 0 atom stereocenters. The molecule has 8 heteroatoms. The van der Waals surface area contributed by atoms with Crippen molar-refractivity contribution in [2.24, 2.45) is 0 Å². The van der Waals surface area contributed by atoms with Gasteiger partial charge in [-0.3, -0.25) is 9.20 Å². The zero-order valence-corrected chi connectivity index (χ0v) is 13.6. The Labute approximate surface area is 143 Å². The van der Waals surface area contributed by atoms with Gasteiger partial charge in [0.15, 0.2) is 11.5 Å². The number of carbonyl (C=O) groups excluding carboxylic acids is 1. The van der Waals surface area contributed by atoms with E-state index in [1.165, 1.54) is 4.40 Å². The highest BCUT2D eigenvalue weighted by Crippen LogP contribution is 2.25. The first-order valence-corrected chi connectivity index (χ1v) is 8.26. The summed E-state index contributed by atoms with van der Waals surface area (Å²) in [7, 11) is 0. The monoisotopic (exact) mass is 338 g/mol.